The lowest BCUT2D eigenvalue weighted by atomic mass is 9.73. The smallest absolute Gasteiger partial charge is 0.110 e. The molecule has 206 valence electrons. The maximum absolute atomic E-state index is 6.63. The minimum atomic E-state index is -0.0739. The highest BCUT2D eigenvalue weighted by molar-refractivity contribution is 5.71. The van der Waals surface area contributed by atoms with Gasteiger partial charge in [-0.05, 0) is 68.2 Å². The van der Waals surface area contributed by atoms with Gasteiger partial charge in [0.05, 0.1) is 0 Å². The molecule has 0 aromatic heterocycles. The number of allylic oxidation sites excluding steroid dienone is 6. The van der Waals surface area contributed by atoms with E-state index in [0.717, 1.165) is 30.8 Å². The first-order valence-corrected chi connectivity index (χ1v) is 14.7. The number of rotatable bonds is 5. The Kier molecular flexibility index (Phi) is 7.98. The van der Waals surface area contributed by atoms with E-state index in [2.05, 4.69) is 132 Å². The third-order valence-corrected chi connectivity index (χ3v) is 8.57. The minimum absolute atomic E-state index is 0.00718. The highest BCUT2D eigenvalue weighted by atomic mass is 16.5. The van der Waals surface area contributed by atoms with Crippen molar-refractivity contribution in [3.63, 3.8) is 0 Å². The van der Waals surface area contributed by atoms with E-state index in [1.165, 1.54) is 28.1 Å². The number of hydrogen-bond acceptors (Lipinski definition) is 2. The second kappa shape index (κ2) is 9.97. The molecule has 0 bridgehead atoms. The molecule has 1 aromatic rings. The van der Waals surface area contributed by atoms with Crippen LogP contribution in [0.5, 0.6) is 0 Å². The molecular formula is C35H55NO. The van der Waals surface area contributed by atoms with Crippen LogP contribution in [0.3, 0.4) is 0 Å². The van der Waals surface area contributed by atoms with Gasteiger partial charge in [-0.1, -0.05) is 101 Å². The molecule has 0 aliphatic carbocycles. The summed E-state index contributed by atoms with van der Waals surface area (Å²) in [6.45, 7) is 32.7. The van der Waals surface area contributed by atoms with E-state index in [1.807, 2.05) is 0 Å². The Morgan fingerprint density at radius 3 is 1.59 bits per heavy atom. The lowest BCUT2D eigenvalue weighted by molar-refractivity contribution is 0.161. The molecule has 0 saturated carbocycles. The van der Waals surface area contributed by atoms with Crippen LogP contribution in [0, 0.1) is 16.2 Å². The van der Waals surface area contributed by atoms with Crippen molar-refractivity contribution in [3.8, 4) is 0 Å². The van der Waals surface area contributed by atoms with Crippen LogP contribution in [-0.4, -0.2) is 5.54 Å². The average Bonchev–Trinajstić information content (AvgIpc) is 3.03. The van der Waals surface area contributed by atoms with E-state index >= 15 is 0 Å². The van der Waals surface area contributed by atoms with Crippen LogP contribution in [0.15, 0.2) is 53.1 Å². The summed E-state index contributed by atoms with van der Waals surface area (Å²) in [5.74, 6) is 3.03. The maximum atomic E-state index is 6.63. The van der Waals surface area contributed by atoms with Crippen molar-refractivity contribution < 1.29 is 4.74 Å². The molecular weight excluding hydrogens is 450 g/mol. The zero-order valence-corrected chi connectivity index (χ0v) is 26.5. The first-order valence-electron chi connectivity index (χ1n) is 14.7. The summed E-state index contributed by atoms with van der Waals surface area (Å²) in [6.07, 6.45) is 8.13. The zero-order valence-electron chi connectivity index (χ0n) is 26.5. The summed E-state index contributed by atoms with van der Waals surface area (Å²) in [6, 6.07) is 6.98. The molecule has 3 rings (SSSR count). The molecule has 0 unspecified atom stereocenters. The molecule has 1 fully saturated rings. The van der Waals surface area contributed by atoms with E-state index in [9.17, 15) is 0 Å². The highest BCUT2D eigenvalue weighted by Gasteiger charge is 2.53. The van der Waals surface area contributed by atoms with Gasteiger partial charge in [0.2, 0.25) is 0 Å². The molecule has 1 aromatic carbocycles. The van der Waals surface area contributed by atoms with Gasteiger partial charge in [0, 0.05) is 38.7 Å². The lowest BCUT2D eigenvalue weighted by Gasteiger charge is -2.41. The van der Waals surface area contributed by atoms with Crippen LogP contribution in [-0.2, 0) is 4.74 Å². The van der Waals surface area contributed by atoms with Gasteiger partial charge in [-0.2, -0.15) is 0 Å². The monoisotopic (exact) mass is 505 g/mol. The Labute approximate surface area is 229 Å². The Hall–Kier alpha value is -1.96. The van der Waals surface area contributed by atoms with Gasteiger partial charge >= 0.3 is 0 Å². The van der Waals surface area contributed by atoms with E-state index in [-0.39, 0.29) is 21.8 Å². The SMILES string of the molecule is CCC1(CC)CC(C)(C)N(c2c(C(C)C)cccc2C(C)C)C1=C1C=C(C(C)(C)C)OC(C(C)(C)C)=C1. The van der Waals surface area contributed by atoms with Crippen molar-refractivity contribution in [2.75, 3.05) is 4.90 Å². The van der Waals surface area contributed by atoms with Crippen molar-refractivity contribution >= 4 is 5.69 Å². The van der Waals surface area contributed by atoms with Crippen molar-refractivity contribution in [2.45, 2.75) is 134 Å². The van der Waals surface area contributed by atoms with Crippen molar-refractivity contribution in [2.24, 2.45) is 16.2 Å². The van der Waals surface area contributed by atoms with Crippen LogP contribution in [0.4, 0.5) is 5.69 Å². The summed E-state index contributed by atoms with van der Waals surface area (Å²) < 4.78 is 6.63. The van der Waals surface area contributed by atoms with Crippen LogP contribution >= 0.6 is 0 Å². The molecule has 0 atom stereocenters. The van der Waals surface area contributed by atoms with Crippen molar-refractivity contribution in [1.82, 2.24) is 0 Å². The highest BCUT2D eigenvalue weighted by Crippen LogP contribution is 2.59. The number of benzene rings is 1. The van der Waals surface area contributed by atoms with Gasteiger partial charge in [0.25, 0.3) is 0 Å². The average molecular weight is 506 g/mol. The fourth-order valence-electron chi connectivity index (χ4n) is 6.36. The number of nitrogens with zero attached hydrogens (tertiary/aromatic N) is 1. The molecule has 0 radical (unpaired) electrons. The molecule has 37 heavy (non-hydrogen) atoms. The molecule has 2 heteroatoms. The molecule has 0 amide bonds. The predicted molar refractivity (Wildman–Crippen MR) is 162 cm³/mol. The van der Waals surface area contributed by atoms with Gasteiger partial charge < -0.3 is 9.64 Å². The molecule has 1 saturated heterocycles. The maximum Gasteiger partial charge on any atom is 0.110 e. The number of anilines is 1. The minimum Gasteiger partial charge on any atom is -0.465 e. The summed E-state index contributed by atoms with van der Waals surface area (Å²) in [7, 11) is 0. The second-order valence-corrected chi connectivity index (χ2v) is 14.8. The third kappa shape index (κ3) is 5.45. The van der Waals surface area contributed by atoms with E-state index in [4.69, 9.17) is 4.74 Å². The molecule has 0 N–H and O–H groups in total. The van der Waals surface area contributed by atoms with Gasteiger partial charge in [-0.15, -0.1) is 0 Å². The third-order valence-electron chi connectivity index (χ3n) is 8.57. The summed E-state index contributed by atoms with van der Waals surface area (Å²) in [5.41, 5.74) is 7.12. The second-order valence-electron chi connectivity index (χ2n) is 14.8. The van der Waals surface area contributed by atoms with Gasteiger partial charge in [0.1, 0.15) is 11.5 Å². The Morgan fingerprint density at radius 1 is 0.811 bits per heavy atom. The summed E-state index contributed by atoms with van der Waals surface area (Å²) in [4.78, 5) is 2.78. The van der Waals surface area contributed by atoms with Crippen LogP contribution < -0.4 is 4.90 Å². The van der Waals surface area contributed by atoms with E-state index < -0.39 is 0 Å². The van der Waals surface area contributed by atoms with Gasteiger partial charge in [-0.25, -0.2) is 0 Å². The summed E-state index contributed by atoms with van der Waals surface area (Å²) >= 11 is 0. The predicted octanol–water partition coefficient (Wildman–Crippen LogP) is 10.9. The van der Waals surface area contributed by atoms with Crippen LogP contribution in [0.25, 0.3) is 0 Å². The molecule has 2 heterocycles. The fourth-order valence-corrected chi connectivity index (χ4v) is 6.36. The van der Waals surface area contributed by atoms with Crippen LogP contribution in [0.2, 0.25) is 0 Å². The van der Waals surface area contributed by atoms with Gasteiger partial charge in [-0.3, -0.25) is 0 Å². The molecule has 2 aliphatic heterocycles. The normalized spacial score (nSPS) is 19.9. The largest absolute Gasteiger partial charge is 0.465 e. The quantitative estimate of drug-likeness (QED) is 0.394. The number of para-hydroxylation sites is 1. The van der Waals surface area contributed by atoms with Crippen LogP contribution in [0.1, 0.15) is 139 Å². The first-order chi connectivity index (χ1) is 16.9. The van der Waals surface area contributed by atoms with Gasteiger partial charge in [0.15, 0.2) is 0 Å². The Bertz CT molecular complexity index is 1030. The molecule has 0 spiro atoms. The molecule has 2 nitrogen and oxygen atoms in total. The zero-order chi connectivity index (χ0) is 28.1. The first kappa shape index (κ1) is 29.6. The Balaban J connectivity index is 2.54. The van der Waals surface area contributed by atoms with Crippen molar-refractivity contribution in [1.29, 1.82) is 0 Å². The number of hydrogen-bond donors (Lipinski definition) is 0. The van der Waals surface area contributed by atoms with Crippen molar-refractivity contribution in [3.05, 3.63) is 64.3 Å². The fraction of sp³-hybridized carbons (Fsp3) is 0.657. The van der Waals surface area contributed by atoms with E-state index in [1.54, 1.807) is 0 Å². The number of ether oxygens (including phenoxy) is 1. The summed E-state index contributed by atoms with van der Waals surface area (Å²) in [5, 5.41) is 0. The Morgan fingerprint density at radius 2 is 1.24 bits per heavy atom. The lowest BCUT2D eigenvalue weighted by Crippen LogP contribution is -2.39. The standard InChI is InChI=1S/C35H55NO/c1-15-35(16-2)22-34(13,14)36(30-26(23(3)4)18-17-19-27(30)24(5)6)31(35)25-20-28(32(7,8)9)37-29(21-25)33(10,11)12/h17-21,23-24H,15-16,22H2,1-14H3. The molecule has 2 aliphatic rings. The topological polar surface area (TPSA) is 12.5 Å². The van der Waals surface area contributed by atoms with E-state index in [0.29, 0.717) is 11.8 Å².